The second-order valence-electron chi connectivity index (χ2n) is 5.58. The summed E-state index contributed by atoms with van der Waals surface area (Å²) in [5.74, 6) is 0.0570. The normalized spacial score (nSPS) is 25.3. The number of nitrogens with zero attached hydrogens (tertiary/aromatic N) is 1. The van der Waals surface area contributed by atoms with Crippen molar-refractivity contribution >= 4 is 39.1 Å². The molecule has 3 rings (SSSR count). The summed E-state index contributed by atoms with van der Waals surface area (Å²) in [6.07, 6.45) is 3.56. The molecule has 4 nitrogen and oxygen atoms in total. The van der Waals surface area contributed by atoms with Gasteiger partial charge in [0.05, 0.1) is 6.54 Å². The van der Waals surface area contributed by atoms with Crippen molar-refractivity contribution < 1.29 is 9.59 Å². The van der Waals surface area contributed by atoms with E-state index in [2.05, 4.69) is 21.2 Å². The van der Waals surface area contributed by atoms with Gasteiger partial charge < -0.3 is 10.2 Å². The van der Waals surface area contributed by atoms with E-state index < -0.39 is 11.6 Å². The molecule has 1 N–H and O–H groups in total. The van der Waals surface area contributed by atoms with E-state index in [1.165, 1.54) is 0 Å². The maximum Gasteiger partial charge on any atom is 0.249 e. The zero-order valence-corrected chi connectivity index (χ0v) is 13.7. The highest BCUT2D eigenvalue weighted by Gasteiger charge is 2.50. The van der Waals surface area contributed by atoms with Crippen LogP contribution in [-0.4, -0.2) is 28.3 Å². The molecule has 1 unspecified atom stereocenters. The van der Waals surface area contributed by atoms with Crippen LogP contribution in [0.15, 0.2) is 15.9 Å². The quantitative estimate of drug-likeness (QED) is 0.885. The molecule has 2 aliphatic rings. The van der Waals surface area contributed by atoms with E-state index in [0.717, 1.165) is 35.0 Å². The summed E-state index contributed by atoms with van der Waals surface area (Å²) in [6.45, 7) is 2.31. The molecule has 1 spiro atoms. The molecule has 20 heavy (non-hydrogen) atoms. The minimum absolute atomic E-state index is 0.0285. The second kappa shape index (κ2) is 5.15. The zero-order chi connectivity index (χ0) is 14.3. The third-order valence-corrected chi connectivity index (χ3v) is 6.25. The van der Waals surface area contributed by atoms with Crippen LogP contribution in [0.5, 0.6) is 0 Å². The maximum absolute atomic E-state index is 12.8. The average Bonchev–Trinajstić information content (AvgIpc) is 3.03. The largest absolute Gasteiger partial charge is 0.340 e. The standard InChI is InChI=1S/C14H17BrN2O2S/c1-9-12(18)16-14(5-2-3-6-14)13(19)17(9)8-11-10(15)4-7-20-11/h4,7,9H,2-3,5-6,8H2,1H3,(H,16,18). The number of hydrogen-bond acceptors (Lipinski definition) is 3. The molecule has 1 aliphatic carbocycles. The Morgan fingerprint density at radius 3 is 2.75 bits per heavy atom. The lowest BCUT2D eigenvalue weighted by Crippen LogP contribution is -2.68. The molecular weight excluding hydrogens is 340 g/mol. The number of piperazine rings is 1. The van der Waals surface area contributed by atoms with E-state index in [1.54, 1.807) is 23.2 Å². The fraction of sp³-hybridized carbons (Fsp3) is 0.571. The van der Waals surface area contributed by atoms with Gasteiger partial charge in [-0.05, 0) is 47.1 Å². The summed E-state index contributed by atoms with van der Waals surface area (Å²) in [6, 6.07) is 1.58. The van der Waals surface area contributed by atoms with Crippen molar-refractivity contribution in [2.24, 2.45) is 0 Å². The van der Waals surface area contributed by atoms with Gasteiger partial charge in [0.15, 0.2) is 0 Å². The lowest BCUT2D eigenvalue weighted by molar-refractivity contribution is -0.154. The lowest BCUT2D eigenvalue weighted by atomic mass is 9.91. The van der Waals surface area contributed by atoms with Crippen LogP contribution in [-0.2, 0) is 16.1 Å². The van der Waals surface area contributed by atoms with Gasteiger partial charge in [0.1, 0.15) is 11.6 Å². The number of carbonyl (C=O) groups excluding carboxylic acids is 2. The molecule has 0 bridgehead atoms. The molecule has 1 aliphatic heterocycles. The first kappa shape index (κ1) is 14.1. The summed E-state index contributed by atoms with van der Waals surface area (Å²) >= 11 is 5.10. The third-order valence-electron chi connectivity index (χ3n) is 4.34. The molecular formula is C14H17BrN2O2S. The van der Waals surface area contributed by atoms with Crippen LogP contribution in [0.3, 0.4) is 0 Å². The zero-order valence-electron chi connectivity index (χ0n) is 11.3. The van der Waals surface area contributed by atoms with Crippen LogP contribution in [0.25, 0.3) is 0 Å². The maximum atomic E-state index is 12.8. The van der Waals surface area contributed by atoms with E-state index in [9.17, 15) is 9.59 Å². The second-order valence-corrected chi connectivity index (χ2v) is 7.43. The van der Waals surface area contributed by atoms with Gasteiger partial charge >= 0.3 is 0 Å². The summed E-state index contributed by atoms with van der Waals surface area (Å²) in [5.41, 5.74) is -0.632. The number of halogens is 1. The highest BCUT2D eigenvalue weighted by Crippen LogP contribution is 2.36. The number of thiophene rings is 1. The van der Waals surface area contributed by atoms with Crippen molar-refractivity contribution in [3.63, 3.8) is 0 Å². The van der Waals surface area contributed by atoms with Crippen molar-refractivity contribution in [3.8, 4) is 0 Å². The first-order valence-electron chi connectivity index (χ1n) is 6.88. The minimum Gasteiger partial charge on any atom is -0.340 e. The molecule has 1 aromatic rings. The monoisotopic (exact) mass is 356 g/mol. The fourth-order valence-corrected chi connectivity index (χ4v) is 4.58. The smallest absolute Gasteiger partial charge is 0.249 e. The number of hydrogen-bond donors (Lipinski definition) is 1. The molecule has 1 atom stereocenters. The SMILES string of the molecule is CC1C(=O)NC2(CCCC2)C(=O)N1Cc1sccc1Br. The number of nitrogens with one attached hydrogen (secondary N) is 1. The minimum atomic E-state index is -0.632. The average molecular weight is 357 g/mol. The highest BCUT2D eigenvalue weighted by molar-refractivity contribution is 9.10. The predicted molar refractivity (Wildman–Crippen MR) is 81.4 cm³/mol. The van der Waals surface area contributed by atoms with E-state index >= 15 is 0 Å². The molecule has 1 saturated heterocycles. The molecule has 0 radical (unpaired) electrons. The van der Waals surface area contributed by atoms with Crippen molar-refractivity contribution in [2.45, 2.75) is 50.7 Å². The Morgan fingerprint density at radius 1 is 1.45 bits per heavy atom. The first-order valence-corrected chi connectivity index (χ1v) is 8.56. The van der Waals surface area contributed by atoms with Crippen molar-refractivity contribution in [1.29, 1.82) is 0 Å². The fourth-order valence-electron chi connectivity index (χ4n) is 3.10. The molecule has 1 saturated carbocycles. The van der Waals surface area contributed by atoms with Gasteiger partial charge in [-0.1, -0.05) is 12.8 Å². The van der Waals surface area contributed by atoms with Crippen LogP contribution in [0.4, 0.5) is 0 Å². The van der Waals surface area contributed by atoms with Crippen LogP contribution >= 0.6 is 27.3 Å². The molecule has 2 fully saturated rings. The molecule has 0 aromatic carbocycles. The molecule has 2 heterocycles. The van der Waals surface area contributed by atoms with E-state index in [1.807, 2.05) is 11.4 Å². The molecule has 108 valence electrons. The van der Waals surface area contributed by atoms with Crippen molar-refractivity contribution in [3.05, 3.63) is 20.8 Å². The van der Waals surface area contributed by atoms with Crippen molar-refractivity contribution in [1.82, 2.24) is 10.2 Å². The van der Waals surface area contributed by atoms with Gasteiger partial charge in [-0.3, -0.25) is 9.59 Å². The van der Waals surface area contributed by atoms with Crippen molar-refractivity contribution in [2.75, 3.05) is 0 Å². The lowest BCUT2D eigenvalue weighted by Gasteiger charge is -2.43. The molecule has 1 aromatic heterocycles. The first-order chi connectivity index (χ1) is 9.53. The van der Waals surface area contributed by atoms with Gasteiger partial charge in [-0.25, -0.2) is 0 Å². The molecule has 6 heteroatoms. The van der Waals surface area contributed by atoms with E-state index in [4.69, 9.17) is 0 Å². The molecule has 2 amide bonds. The Hall–Kier alpha value is -0.880. The Morgan fingerprint density at radius 2 is 2.15 bits per heavy atom. The summed E-state index contributed by atoms with van der Waals surface area (Å²) in [5, 5.41) is 4.97. The van der Waals surface area contributed by atoms with Gasteiger partial charge in [-0.2, -0.15) is 0 Å². The van der Waals surface area contributed by atoms with Gasteiger partial charge in [-0.15, -0.1) is 11.3 Å². The van der Waals surface area contributed by atoms with Crippen LogP contribution in [0, 0.1) is 0 Å². The number of rotatable bonds is 2. The van der Waals surface area contributed by atoms with Crippen LogP contribution in [0.2, 0.25) is 0 Å². The Balaban J connectivity index is 1.89. The topological polar surface area (TPSA) is 49.4 Å². The van der Waals surface area contributed by atoms with Gasteiger partial charge in [0, 0.05) is 9.35 Å². The van der Waals surface area contributed by atoms with Crippen LogP contribution < -0.4 is 5.32 Å². The summed E-state index contributed by atoms with van der Waals surface area (Å²) in [4.78, 5) is 27.9. The van der Waals surface area contributed by atoms with E-state index in [-0.39, 0.29) is 11.8 Å². The highest BCUT2D eigenvalue weighted by atomic mass is 79.9. The van der Waals surface area contributed by atoms with E-state index in [0.29, 0.717) is 6.54 Å². The van der Waals surface area contributed by atoms with Gasteiger partial charge in [0.25, 0.3) is 0 Å². The predicted octanol–water partition coefficient (Wildman–Crippen LogP) is 2.67. The van der Waals surface area contributed by atoms with Gasteiger partial charge in [0.2, 0.25) is 11.8 Å². The Kier molecular flexibility index (Phi) is 3.62. The summed E-state index contributed by atoms with van der Waals surface area (Å²) in [7, 11) is 0. The number of amides is 2. The summed E-state index contributed by atoms with van der Waals surface area (Å²) < 4.78 is 1.01. The third kappa shape index (κ3) is 2.19. The van der Waals surface area contributed by atoms with Crippen LogP contribution in [0.1, 0.15) is 37.5 Å². The Labute approximate surface area is 130 Å². The number of carbonyl (C=O) groups is 2. The Bertz CT molecular complexity index is 551.